The number of hydrogen-bond acceptors (Lipinski definition) is 6. The van der Waals surface area contributed by atoms with Crippen LogP contribution in [-0.4, -0.2) is 31.7 Å². The van der Waals surface area contributed by atoms with E-state index < -0.39 is 0 Å². The van der Waals surface area contributed by atoms with E-state index in [1.807, 2.05) is 12.3 Å². The van der Waals surface area contributed by atoms with Gasteiger partial charge in [-0.2, -0.15) is 10.1 Å². The molecule has 0 saturated carbocycles. The maximum Gasteiger partial charge on any atom is 0.224 e. The molecule has 0 amide bonds. The second-order valence-corrected chi connectivity index (χ2v) is 4.74. The van der Waals surface area contributed by atoms with E-state index in [-0.39, 0.29) is 0 Å². The number of nitrogens with one attached hydrogen (secondary N) is 2. The number of thiazole rings is 1. The average molecular weight is 260 g/mol. The molecule has 2 N–H and O–H groups in total. The van der Waals surface area contributed by atoms with Crippen molar-refractivity contribution in [2.24, 2.45) is 0 Å². The van der Waals surface area contributed by atoms with Crippen LogP contribution in [0.1, 0.15) is 17.6 Å². The van der Waals surface area contributed by atoms with Crippen molar-refractivity contribution in [1.29, 1.82) is 0 Å². The minimum Gasteiger partial charge on any atom is -0.354 e. The second kappa shape index (κ2) is 4.69. The van der Waals surface area contributed by atoms with Crippen LogP contribution < -0.4 is 5.32 Å². The lowest BCUT2D eigenvalue weighted by Gasteiger charge is -2.04. The highest BCUT2D eigenvalue weighted by Gasteiger charge is 2.10. The minimum absolute atomic E-state index is 0.626. The summed E-state index contributed by atoms with van der Waals surface area (Å²) in [5.41, 5.74) is 1.70. The van der Waals surface area contributed by atoms with E-state index >= 15 is 0 Å². The van der Waals surface area contributed by atoms with E-state index in [0.29, 0.717) is 12.4 Å². The Bertz CT molecular complexity index is 645. The highest BCUT2D eigenvalue weighted by Crippen LogP contribution is 2.19. The first-order chi connectivity index (χ1) is 8.86. The number of fused-ring (bicyclic) bond motifs is 1. The van der Waals surface area contributed by atoms with E-state index in [1.54, 1.807) is 23.7 Å². The summed E-state index contributed by atoms with van der Waals surface area (Å²) in [4.78, 5) is 13.2. The first-order valence-corrected chi connectivity index (χ1v) is 6.57. The molecule has 3 aromatic heterocycles. The van der Waals surface area contributed by atoms with Gasteiger partial charge in [-0.15, -0.1) is 11.3 Å². The zero-order chi connectivity index (χ0) is 12.4. The molecular weight excluding hydrogens is 248 g/mol. The molecule has 18 heavy (non-hydrogen) atoms. The van der Waals surface area contributed by atoms with Crippen molar-refractivity contribution in [3.63, 3.8) is 0 Å². The molecule has 3 aromatic rings. The first kappa shape index (κ1) is 11.1. The van der Waals surface area contributed by atoms with Gasteiger partial charge in [0.2, 0.25) is 5.95 Å². The summed E-state index contributed by atoms with van der Waals surface area (Å²) in [7, 11) is 0. The Kier molecular flexibility index (Phi) is 2.89. The van der Waals surface area contributed by atoms with Crippen molar-refractivity contribution in [2.45, 2.75) is 13.3 Å². The number of nitrogens with zero attached hydrogens (tertiary/aromatic N) is 4. The van der Waals surface area contributed by atoms with E-state index in [2.05, 4.69) is 30.5 Å². The van der Waals surface area contributed by atoms with Gasteiger partial charge in [0.1, 0.15) is 0 Å². The van der Waals surface area contributed by atoms with Gasteiger partial charge in [-0.1, -0.05) is 0 Å². The second-order valence-electron chi connectivity index (χ2n) is 3.76. The Morgan fingerprint density at radius 2 is 2.33 bits per heavy atom. The smallest absolute Gasteiger partial charge is 0.224 e. The van der Waals surface area contributed by atoms with E-state index in [4.69, 9.17) is 0 Å². The van der Waals surface area contributed by atoms with Gasteiger partial charge >= 0.3 is 0 Å². The summed E-state index contributed by atoms with van der Waals surface area (Å²) >= 11 is 1.63. The fourth-order valence-corrected chi connectivity index (χ4v) is 2.37. The Morgan fingerprint density at radius 3 is 3.11 bits per heavy atom. The molecule has 3 rings (SSSR count). The zero-order valence-electron chi connectivity index (χ0n) is 9.84. The van der Waals surface area contributed by atoms with Crippen LogP contribution in [-0.2, 0) is 6.42 Å². The number of aromatic amines is 1. The van der Waals surface area contributed by atoms with Crippen LogP contribution in [0.25, 0.3) is 11.0 Å². The van der Waals surface area contributed by atoms with E-state index in [9.17, 15) is 0 Å². The van der Waals surface area contributed by atoms with Crippen LogP contribution in [0, 0.1) is 0 Å². The Balaban J connectivity index is 2.04. The molecule has 92 valence electrons. The third-order valence-corrected chi connectivity index (χ3v) is 3.31. The first-order valence-electron chi connectivity index (χ1n) is 5.69. The van der Waals surface area contributed by atoms with E-state index in [1.165, 1.54) is 0 Å². The van der Waals surface area contributed by atoms with Gasteiger partial charge in [0, 0.05) is 24.5 Å². The highest BCUT2D eigenvalue weighted by molar-refractivity contribution is 7.09. The van der Waals surface area contributed by atoms with Gasteiger partial charge in [-0.25, -0.2) is 9.97 Å². The summed E-state index contributed by atoms with van der Waals surface area (Å²) in [5, 5.41) is 14.0. The van der Waals surface area contributed by atoms with Crippen molar-refractivity contribution in [3.05, 3.63) is 28.5 Å². The molecule has 6 nitrogen and oxygen atoms in total. The third kappa shape index (κ3) is 2.04. The largest absolute Gasteiger partial charge is 0.354 e. The fraction of sp³-hybridized carbons (Fsp3) is 0.273. The van der Waals surface area contributed by atoms with Crippen molar-refractivity contribution >= 4 is 28.3 Å². The van der Waals surface area contributed by atoms with Crippen molar-refractivity contribution < 1.29 is 0 Å². The maximum absolute atomic E-state index is 4.52. The van der Waals surface area contributed by atoms with Gasteiger partial charge in [-0.05, 0) is 6.92 Å². The molecule has 0 radical (unpaired) electrons. The molecular formula is C11H12N6S. The molecule has 0 spiro atoms. The summed E-state index contributed by atoms with van der Waals surface area (Å²) in [6, 6.07) is 0. The molecule has 0 unspecified atom stereocenters. The summed E-state index contributed by atoms with van der Waals surface area (Å²) in [6.45, 7) is 2.80. The summed E-state index contributed by atoms with van der Waals surface area (Å²) in [6.07, 6.45) is 4.27. The number of hydrogen-bond donors (Lipinski definition) is 2. The number of anilines is 1. The van der Waals surface area contributed by atoms with Crippen molar-refractivity contribution in [1.82, 2.24) is 25.1 Å². The lowest BCUT2D eigenvalue weighted by molar-refractivity contribution is 1.02. The summed E-state index contributed by atoms with van der Waals surface area (Å²) < 4.78 is 0. The van der Waals surface area contributed by atoms with Gasteiger partial charge in [0.25, 0.3) is 0 Å². The highest BCUT2D eigenvalue weighted by atomic mass is 32.1. The lowest BCUT2D eigenvalue weighted by Crippen LogP contribution is -2.05. The van der Waals surface area contributed by atoms with Crippen molar-refractivity contribution in [3.8, 4) is 0 Å². The van der Waals surface area contributed by atoms with Gasteiger partial charge in [0.15, 0.2) is 5.65 Å². The molecule has 0 aromatic carbocycles. The SMILES string of the molecule is CCNc1nc(Cc2nccs2)c2cn[nH]c2n1. The predicted molar refractivity (Wildman–Crippen MR) is 70.8 cm³/mol. The van der Waals surface area contributed by atoms with Gasteiger partial charge in [0.05, 0.1) is 22.3 Å². The molecule has 0 bridgehead atoms. The third-order valence-electron chi connectivity index (χ3n) is 2.53. The minimum atomic E-state index is 0.626. The normalized spacial score (nSPS) is 10.9. The number of H-pyrrole nitrogens is 1. The molecule has 0 aliphatic carbocycles. The monoisotopic (exact) mass is 260 g/mol. The maximum atomic E-state index is 4.52. The summed E-state index contributed by atoms with van der Waals surface area (Å²) in [5.74, 6) is 0.626. The zero-order valence-corrected chi connectivity index (χ0v) is 10.7. The van der Waals surface area contributed by atoms with Crippen LogP contribution >= 0.6 is 11.3 Å². The molecule has 7 heteroatoms. The van der Waals surface area contributed by atoms with Crippen LogP contribution in [0.2, 0.25) is 0 Å². The Morgan fingerprint density at radius 1 is 1.39 bits per heavy atom. The standard InChI is InChI=1S/C11H12N6S/c1-2-12-11-15-8(5-9-13-3-4-18-9)7-6-14-17-10(7)16-11/h3-4,6H,2,5H2,1H3,(H2,12,14,15,16,17). The van der Waals surface area contributed by atoms with Crippen LogP contribution in [0.5, 0.6) is 0 Å². The topological polar surface area (TPSA) is 79.4 Å². The van der Waals surface area contributed by atoms with Crippen LogP contribution in [0.3, 0.4) is 0 Å². The van der Waals surface area contributed by atoms with Gasteiger partial charge < -0.3 is 5.32 Å². The number of aromatic nitrogens is 5. The average Bonchev–Trinajstić information content (AvgIpc) is 2.99. The van der Waals surface area contributed by atoms with Crippen LogP contribution in [0.15, 0.2) is 17.8 Å². The van der Waals surface area contributed by atoms with E-state index in [0.717, 1.165) is 28.3 Å². The Labute approximate surface area is 108 Å². The predicted octanol–water partition coefficient (Wildman–Crippen LogP) is 1.83. The number of rotatable bonds is 4. The Hall–Kier alpha value is -2.02. The van der Waals surface area contributed by atoms with Crippen LogP contribution in [0.4, 0.5) is 5.95 Å². The molecule has 0 aliphatic heterocycles. The molecule has 0 aliphatic rings. The molecule has 3 heterocycles. The molecule has 0 saturated heterocycles. The molecule has 0 atom stereocenters. The fourth-order valence-electron chi connectivity index (χ4n) is 1.75. The molecule has 0 fully saturated rings. The quantitative estimate of drug-likeness (QED) is 0.748. The lowest BCUT2D eigenvalue weighted by atomic mass is 10.2. The van der Waals surface area contributed by atoms with Crippen molar-refractivity contribution in [2.75, 3.05) is 11.9 Å². The van der Waals surface area contributed by atoms with Gasteiger partial charge in [-0.3, -0.25) is 5.10 Å².